The van der Waals surface area contributed by atoms with E-state index in [1.54, 1.807) is 13.2 Å². The fourth-order valence-corrected chi connectivity index (χ4v) is 5.48. The maximum Gasteiger partial charge on any atom is 0.293 e. The number of hydrogen-bond donors (Lipinski definition) is 0. The highest BCUT2D eigenvalue weighted by Crippen LogP contribution is 2.39. The van der Waals surface area contributed by atoms with Crippen molar-refractivity contribution in [3.63, 3.8) is 0 Å². The Balaban J connectivity index is 1.49. The van der Waals surface area contributed by atoms with Gasteiger partial charge in [0.2, 0.25) is 0 Å². The van der Waals surface area contributed by atoms with Gasteiger partial charge < -0.3 is 9.47 Å². The molecular formula is C26H28BrNO4S. The van der Waals surface area contributed by atoms with E-state index >= 15 is 0 Å². The molecule has 0 atom stereocenters. The van der Waals surface area contributed by atoms with E-state index in [0.717, 1.165) is 40.2 Å². The Bertz CT molecular complexity index is 1060. The average Bonchev–Trinajstić information content (AvgIpc) is 3.08. The van der Waals surface area contributed by atoms with Crippen molar-refractivity contribution in [3.05, 3.63) is 62.5 Å². The summed E-state index contributed by atoms with van der Waals surface area (Å²) in [6, 6.07) is 11.8. The molecular weight excluding hydrogens is 502 g/mol. The lowest BCUT2D eigenvalue weighted by Gasteiger charge is -2.25. The van der Waals surface area contributed by atoms with Gasteiger partial charge in [0.1, 0.15) is 6.61 Å². The fraction of sp³-hybridized carbons (Fsp3) is 0.385. The van der Waals surface area contributed by atoms with Crippen molar-refractivity contribution in [2.75, 3.05) is 13.7 Å². The summed E-state index contributed by atoms with van der Waals surface area (Å²) in [4.78, 5) is 27.3. The topological polar surface area (TPSA) is 55.8 Å². The van der Waals surface area contributed by atoms with Crippen molar-refractivity contribution in [1.29, 1.82) is 0 Å². The Morgan fingerprint density at radius 2 is 1.82 bits per heavy atom. The smallest absolute Gasteiger partial charge is 0.293 e. The molecule has 0 aromatic heterocycles. The molecule has 2 aromatic carbocycles. The molecule has 2 aliphatic rings. The standard InChI is InChI=1S/C26H28BrNO4S/c1-17-8-10-19(11-9-17)16-32-23-14-21(27)20(12-22(23)31-2)13-24-25(29)28(26(30)33-24)15-18-6-4-3-5-7-18/h8-14,18H,3-7,15-16H2,1-2H3/b24-13+. The first-order chi connectivity index (χ1) is 15.9. The van der Waals surface area contributed by atoms with Crippen LogP contribution in [0.3, 0.4) is 0 Å². The van der Waals surface area contributed by atoms with Crippen molar-refractivity contribution < 1.29 is 19.1 Å². The number of amides is 2. The molecule has 1 saturated carbocycles. The average molecular weight is 530 g/mol. The highest BCUT2D eigenvalue weighted by Gasteiger charge is 2.36. The van der Waals surface area contributed by atoms with Crippen molar-refractivity contribution in [2.45, 2.75) is 45.6 Å². The Labute approximate surface area is 207 Å². The van der Waals surface area contributed by atoms with E-state index in [9.17, 15) is 9.59 Å². The van der Waals surface area contributed by atoms with Gasteiger partial charge in [0.05, 0.1) is 12.0 Å². The van der Waals surface area contributed by atoms with Crippen LogP contribution in [0.2, 0.25) is 0 Å². The van der Waals surface area contributed by atoms with Gasteiger partial charge in [0, 0.05) is 11.0 Å². The van der Waals surface area contributed by atoms with Crippen LogP contribution in [0.1, 0.15) is 48.8 Å². The molecule has 2 aromatic rings. The highest BCUT2D eigenvalue weighted by atomic mass is 79.9. The molecule has 0 unspecified atom stereocenters. The van der Waals surface area contributed by atoms with Crippen LogP contribution < -0.4 is 9.47 Å². The van der Waals surface area contributed by atoms with Crippen LogP contribution in [0.25, 0.3) is 6.08 Å². The second kappa shape index (κ2) is 10.8. The zero-order chi connectivity index (χ0) is 23.4. The Morgan fingerprint density at radius 3 is 2.52 bits per heavy atom. The molecule has 174 valence electrons. The Morgan fingerprint density at radius 1 is 1.09 bits per heavy atom. The predicted octanol–water partition coefficient (Wildman–Crippen LogP) is 6.96. The predicted molar refractivity (Wildman–Crippen MR) is 135 cm³/mol. The molecule has 4 rings (SSSR count). The number of ether oxygens (including phenoxy) is 2. The van der Waals surface area contributed by atoms with Crippen LogP contribution in [0, 0.1) is 12.8 Å². The lowest BCUT2D eigenvalue weighted by atomic mass is 9.89. The van der Waals surface area contributed by atoms with Crippen LogP contribution in [-0.2, 0) is 11.4 Å². The second-order valence-electron chi connectivity index (χ2n) is 8.60. The molecule has 2 fully saturated rings. The van der Waals surface area contributed by atoms with E-state index < -0.39 is 0 Å². The van der Waals surface area contributed by atoms with Gasteiger partial charge in [-0.2, -0.15) is 0 Å². The summed E-state index contributed by atoms with van der Waals surface area (Å²) in [5.74, 6) is 1.38. The van der Waals surface area contributed by atoms with Gasteiger partial charge in [0.25, 0.3) is 11.1 Å². The van der Waals surface area contributed by atoms with Crippen LogP contribution >= 0.6 is 27.7 Å². The number of thioether (sulfide) groups is 1. The van der Waals surface area contributed by atoms with Gasteiger partial charge in [-0.05, 0) is 66.8 Å². The second-order valence-corrected chi connectivity index (χ2v) is 10.4. The molecule has 2 amide bonds. The molecule has 7 heteroatoms. The van der Waals surface area contributed by atoms with E-state index in [0.29, 0.717) is 35.5 Å². The van der Waals surface area contributed by atoms with Crippen LogP contribution in [-0.4, -0.2) is 29.7 Å². The summed E-state index contributed by atoms with van der Waals surface area (Å²) in [5.41, 5.74) is 3.03. The normalized spacial score (nSPS) is 18.3. The number of carbonyl (C=O) groups is 2. The van der Waals surface area contributed by atoms with E-state index in [1.165, 1.54) is 29.7 Å². The van der Waals surface area contributed by atoms with Crippen LogP contribution in [0.15, 0.2) is 45.8 Å². The number of hydrogen-bond acceptors (Lipinski definition) is 5. The first-order valence-electron chi connectivity index (χ1n) is 11.3. The minimum Gasteiger partial charge on any atom is -0.493 e. The van der Waals surface area contributed by atoms with Crippen molar-refractivity contribution in [1.82, 2.24) is 4.90 Å². The number of rotatable bonds is 7. The zero-order valence-electron chi connectivity index (χ0n) is 18.9. The number of methoxy groups -OCH3 is 1. The summed E-state index contributed by atoms with van der Waals surface area (Å²) >= 11 is 4.59. The Hall–Kier alpha value is -2.25. The van der Waals surface area contributed by atoms with E-state index in [4.69, 9.17) is 9.47 Å². The molecule has 33 heavy (non-hydrogen) atoms. The van der Waals surface area contributed by atoms with Crippen molar-refractivity contribution >= 4 is 44.9 Å². The molecule has 0 radical (unpaired) electrons. The van der Waals surface area contributed by atoms with E-state index in [1.807, 2.05) is 31.2 Å². The number of nitrogens with zero attached hydrogens (tertiary/aromatic N) is 1. The molecule has 1 saturated heterocycles. The van der Waals surface area contributed by atoms with Gasteiger partial charge in [-0.15, -0.1) is 0 Å². The third kappa shape index (κ3) is 5.82. The summed E-state index contributed by atoms with van der Waals surface area (Å²) < 4.78 is 12.3. The first kappa shape index (κ1) is 23.9. The number of benzene rings is 2. The zero-order valence-corrected chi connectivity index (χ0v) is 21.3. The number of imide groups is 1. The van der Waals surface area contributed by atoms with Gasteiger partial charge in [-0.25, -0.2) is 0 Å². The fourth-order valence-electron chi connectivity index (χ4n) is 4.21. The monoisotopic (exact) mass is 529 g/mol. The van der Waals surface area contributed by atoms with Crippen LogP contribution in [0.5, 0.6) is 11.5 Å². The third-order valence-electron chi connectivity index (χ3n) is 6.12. The molecule has 0 spiro atoms. The number of halogens is 1. The molecule has 1 aliphatic heterocycles. The number of carbonyl (C=O) groups excluding carboxylic acids is 2. The van der Waals surface area contributed by atoms with Gasteiger partial charge >= 0.3 is 0 Å². The maximum absolute atomic E-state index is 13.0. The largest absolute Gasteiger partial charge is 0.493 e. The summed E-state index contributed by atoms with van der Waals surface area (Å²) in [6.07, 6.45) is 7.55. The van der Waals surface area contributed by atoms with Crippen molar-refractivity contribution in [3.8, 4) is 11.5 Å². The summed E-state index contributed by atoms with van der Waals surface area (Å²) in [7, 11) is 1.59. The minimum atomic E-state index is -0.207. The SMILES string of the molecule is COc1cc(/C=C2/SC(=O)N(CC3CCCCC3)C2=O)c(Br)cc1OCc1ccc(C)cc1. The highest BCUT2D eigenvalue weighted by molar-refractivity contribution is 9.10. The summed E-state index contributed by atoms with van der Waals surface area (Å²) in [6.45, 7) is 2.99. The lowest BCUT2D eigenvalue weighted by Crippen LogP contribution is -2.34. The summed E-state index contributed by atoms with van der Waals surface area (Å²) in [5, 5.41) is -0.182. The van der Waals surface area contributed by atoms with Crippen molar-refractivity contribution in [2.24, 2.45) is 5.92 Å². The first-order valence-corrected chi connectivity index (χ1v) is 12.9. The van der Waals surface area contributed by atoms with Gasteiger partial charge in [-0.1, -0.05) is 65.0 Å². The van der Waals surface area contributed by atoms with Crippen LogP contribution in [0.4, 0.5) is 4.79 Å². The molecule has 0 bridgehead atoms. The maximum atomic E-state index is 13.0. The molecule has 1 heterocycles. The molecule has 5 nitrogen and oxygen atoms in total. The van der Waals surface area contributed by atoms with E-state index in [-0.39, 0.29) is 11.1 Å². The number of aryl methyl sites for hydroxylation is 1. The molecule has 0 N–H and O–H groups in total. The quantitative estimate of drug-likeness (QED) is 0.362. The lowest BCUT2D eigenvalue weighted by molar-refractivity contribution is -0.123. The third-order valence-corrected chi connectivity index (χ3v) is 7.72. The molecule has 1 aliphatic carbocycles. The van der Waals surface area contributed by atoms with Gasteiger partial charge in [0.15, 0.2) is 11.5 Å². The van der Waals surface area contributed by atoms with Gasteiger partial charge in [-0.3, -0.25) is 14.5 Å². The minimum absolute atomic E-state index is 0.182. The van der Waals surface area contributed by atoms with E-state index in [2.05, 4.69) is 28.1 Å². The Kier molecular flexibility index (Phi) is 7.81.